The van der Waals surface area contributed by atoms with E-state index < -0.39 is 0 Å². The molecule has 0 unspecified atom stereocenters. The van der Waals surface area contributed by atoms with Gasteiger partial charge in [0, 0.05) is 12.6 Å². The van der Waals surface area contributed by atoms with Gasteiger partial charge >= 0.3 is 0 Å². The number of aliphatic hydroxyl groups excluding tert-OH is 1. The minimum Gasteiger partial charge on any atom is -0.392 e. The summed E-state index contributed by atoms with van der Waals surface area (Å²) in [7, 11) is 1.98. The Balaban J connectivity index is 2.17. The molecule has 1 saturated heterocycles. The summed E-state index contributed by atoms with van der Waals surface area (Å²) < 4.78 is 5.16. The fourth-order valence-electron chi connectivity index (χ4n) is 1.85. The van der Waals surface area contributed by atoms with Crippen LogP contribution in [0.1, 0.15) is 23.9 Å². The number of rotatable bonds is 1. The van der Waals surface area contributed by atoms with E-state index in [1.54, 1.807) is 0 Å². The Labute approximate surface area is 77.1 Å². The van der Waals surface area contributed by atoms with Gasteiger partial charge in [-0.05, 0) is 20.4 Å². The average molecular weight is 182 g/mol. The van der Waals surface area contributed by atoms with Crippen molar-refractivity contribution >= 4 is 0 Å². The van der Waals surface area contributed by atoms with Crippen molar-refractivity contribution in [2.24, 2.45) is 0 Å². The van der Waals surface area contributed by atoms with E-state index in [4.69, 9.17) is 4.52 Å². The Morgan fingerprint density at radius 1 is 1.69 bits per heavy atom. The van der Waals surface area contributed by atoms with Gasteiger partial charge in [-0.25, -0.2) is 0 Å². The van der Waals surface area contributed by atoms with Gasteiger partial charge in [-0.3, -0.25) is 4.90 Å². The lowest BCUT2D eigenvalue weighted by atomic mass is 10.1. The van der Waals surface area contributed by atoms with Crippen LogP contribution in [0.5, 0.6) is 0 Å². The first kappa shape index (κ1) is 8.72. The summed E-state index contributed by atoms with van der Waals surface area (Å²) in [5, 5.41) is 13.3. The summed E-state index contributed by atoms with van der Waals surface area (Å²) in [5.41, 5.74) is 0.893. The molecule has 1 aliphatic heterocycles. The molecule has 0 aliphatic carbocycles. The Bertz CT molecular complexity index is 298. The number of hydrogen-bond donors (Lipinski definition) is 1. The van der Waals surface area contributed by atoms with E-state index in [0.717, 1.165) is 17.9 Å². The van der Waals surface area contributed by atoms with E-state index >= 15 is 0 Å². The first-order chi connectivity index (χ1) is 6.16. The number of aromatic nitrogens is 1. The van der Waals surface area contributed by atoms with Gasteiger partial charge in [0.05, 0.1) is 17.8 Å². The van der Waals surface area contributed by atoms with Crippen molar-refractivity contribution in [3.8, 4) is 0 Å². The molecule has 0 radical (unpaired) electrons. The molecule has 72 valence electrons. The van der Waals surface area contributed by atoms with Gasteiger partial charge in [-0.15, -0.1) is 0 Å². The van der Waals surface area contributed by atoms with Crippen LogP contribution in [0.3, 0.4) is 0 Å². The molecule has 13 heavy (non-hydrogen) atoms. The molecule has 1 aliphatic rings. The zero-order chi connectivity index (χ0) is 9.42. The van der Waals surface area contributed by atoms with Gasteiger partial charge in [-0.1, -0.05) is 5.16 Å². The molecule has 2 atom stereocenters. The summed E-state index contributed by atoms with van der Waals surface area (Å²) in [6.07, 6.45) is 0.505. The summed E-state index contributed by atoms with van der Waals surface area (Å²) in [5.74, 6) is 0.858. The Morgan fingerprint density at radius 3 is 2.92 bits per heavy atom. The van der Waals surface area contributed by atoms with Crippen molar-refractivity contribution in [3.05, 3.63) is 17.5 Å². The van der Waals surface area contributed by atoms with Crippen molar-refractivity contribution < 1.29 is 9.63 Å². The molecule has 0 spiro atoms. The zero-order valence-electron chi connectivity index (χ0n) is 7.90. The second-order valence-corrected chi connectivity index (χ2v) is 3.72. The maximum Gasteiger partial charge on any atom is 0.154 e. The number of likely N-dealkylation sites (tertiary alicyclic amines) is 1. The predicted molar refractivity (Wildman–Crippen MR) is 47.2 cm³/mol. The molecule has 1 N–H and O–H groups in total. The van der Waals surface area contributed by atoms with Crippen LogP contribution >= 0.6 is 0 Å². The first-order valence-corrected chi connectivity index (χ1v) is 4.48. The SMILES string of the molecule is Cc1cc([C@@H]2C[C@@H](O)CN2C)on1. The standard InChI is InChI=1S/C9H14N2O2/c1-6-3-9(13-10-6)8-4-7(12)5-11(8)2/h3,7-8,12H,4-5H2,1-2H3/t7-,8+/m1/s1. The van der Waals surface area contributed by atoms with Crippen molar-refractivity contribution in [1.29, 1.82) is 0 Å². The number of aryl methyl sites for hydroxylation is 1. The van der Waals surface area contributed by atoms with E-state index in [1.807, 2.05) is 20.0 Å². The van der Waals surface area contributed by atoms with Crippen molar-refractivity contribution in [2.45, 2.75) is 25.5 Å². The molecule has 2 heterocycles. The molecule has 4 heteroatoms. The molecule has 1 aromatic rings. The van der Waals surface area contributed by atoms with Crippen molar-refractivity contribution in [1.82, 2.24) is 10.1 Å². The molecule has 1 aromatic heterocycles. The number of aliphatic hydroxyl groups is 1. The van der Waals surface area contributed by atoms with Crippen LogP contribution in [-0.2, 0) is 0 Å². The van der Waals surface area contributed by atoms with Crippen LogP contribution < -0.4 is 0 Å². The fraction of sp³-hybridized carbons (Fsp3) is 0.667. The Kier molecular flexibility index (Phi) is 2.09. The number of likely N-dealkylation sites (N-methyl/N-ethyl adjacent to an activating group) is 1. The third kappa shape index (κ3) is 1.59. The van der Waals surface area contributed by atoms with Crippen LogP contribution in [-0.4, -0.2) is 34.9 Å². The lowest BCUT2D eigenvalue weighted by Gasteiger charge is -2.14. The van der Waals surface area contributed by atoms with E-state index in [9.17, 15) is 5.11 Å². The molecule has 2 rings (SSSR count). The molecular weight excluding hydrogens is 168 g/mol. The highest BCUT2D eigenvalue weighted by Crippen LogP contribution is 2.30. The van der Waals surface area contributed by atoms with Gasteiger partial charge in [0.15, 0.2) is 5.76 Å². The molecule has 1 fully saturated rings. The highest BCUT2D eigenvalue weighted by molar-refractivity contribution is 5.10. The van der Waals surface area contributed by atoms with Gasteiger partial charge in [0.25, 0.3) is 0 Å². The number of nitrogens with zero attached hydrogens (tertiary/aromatic N) is 2. The first-order valence-electron chi connectivity index (χ1n) is 4.48. The summed E-state index contributed by atoms with van der Waals surface area (Å²) >= 11 is 0. The van der Waals surface area contributed by atoms with Gasteiger partial charge < -0.3 is 9.63 Å². The second kappa shape index (κ2) is 3.12. The molecular formula is C9H14N2O2. The molecule has 0 amide bonds. The summed E-state index contributed by atoms with van der Waals surface area (Å²) in [4.78, 5) is 2.09. The number of β-amino-alcohol motifs (C(OH)–C–C–N with tert-alkyl or cyclic N) is 1. The van der Waals surface area contributed by atoms with Crippen LogP contribution in [0.4, 0.5) is 0 Å². The molecule has 0 bridgehead atoms. The Morgan fingerprint density at radius 2 is 2.46 bits per heavy atom. The second-order valence-electron chi connectivity index (χ2n) is 3.72. The van der Waals surface area contributed by atoms with Crippen LogP contribution in [0, 0.1) is 6.92 Å². The minimum absolute atomic E-state index is 0.191. The van der Waals surface area contributed by atoms with Crippen LogP contribution in [0.25, 0.3) is 0 Å². The van der Waals surface area contributed by atoms with E-state index in [-0.39, 0.29) is 12.1 Å². The smallest absolute Gasteiger partial charge is 0.154 e. The van der Waals surface area contributed by atoms with E-state index in [0.29, 0.717) is 6.54 Å². The van der Waals surface area contributed by atoms with E-state index in [2.05, 4.69) is 10.1 Å². The predicted octanol–water partition coefficient (Wildman–Crippen LogP) is 0.721. The lowest BCUT2D eigenvalue weighted by Crippen LogP contribution is -2.18. The highest BCUT2D eigenvalue weighted by atomic mass is 16.5. The minimum atomic E-state index is -0.236. The van der Waals surface area contributed by atoms with Crippen LogP contribution in [0.2, 0.25) is 0 Å². The largest absolute Gasteiger partial charge is 0.392 e. The molecule has 4 nitrogen and oxygen atoms in total. The van der Waals surface area contributed by atoms with Gasteiger partial charge in [0.2, 0.25) is 0 Å². The zero-order valence-corrected chi connectivity index (χ0v) is 7.90. The monoisotopic (exact) mass is 182 g/mol. The summed E-state index contributed by atoms with van der Waals surface area (Å²) in [6.45, 7) is 2.61. The quantitative estimate of drug-likeness (QED) is 0.695. The summed E-state index contributed by atoms with van der Waals surface area (Å²) in [6, 6.07) is 2.12. The highest BCUT2D eigenvalue weighted by Gasteiger charge is 2.31. The average Bonchev–Trinajstić information content (AvgIpc) is 2.58. The maximum absolute atomic E-state index is 9.43. The van der Waals surface area contributed by atoms with Gasteiger partial charge in [-0.2, -0.15) is 0 Å². The fourth-order valence-corrected chi connectivity index (χ4v) is 1.85. The maximum atomic E-state index is 9.43. The van der Waals surface area contributed by atoms with Crippen molar-refractivity contribution in [2.75, 3.05) is 13.6 Å². The van der Waals surface area contributed by atoms with E-state index in [1.165, 1.54) is 0 Å². The molecule has 0 saturated carbocycles. The third-order valence-electron chi connectivity index (χ3n) is 2.50. The lowest BCUT2D eigenvalue weighted by molar-refractivity contribution is 0.182. The third-order valence-corrected chi connectivity index (χ3v) is 2.50. The Hall–Kier alpha value is -0.870. The van der Waals surface area contributed by atoms with Crippen LogP contribution in [0.15, 0.2) is 10.6 Å². The number of hydrogen-bond acceptors (Lipinski definition) is 4. The molecule has 0 aromatic carbocycles. The van der Waals surface area contributed by atoms with Crippen molar-refractivity contribution in [3.63, 3.8) is 0 Å². The topological polar surface area (TPSA) is 49.5 Å². The van der Waals surface area contributed by atoms with Gasteiger partial charge in [0.1, 0.15) is 0 Å². The normalized spacial score (nSPS) is 29.8.